The summed E-state index contributed by atoms with van der Waals surface area (Å²) in [6.07, 6.45) is 3.56. The number of hydrogen-bond donors (Lipinski definition) is 1. The van der Waals surface area contributed by atoms with Crippen LogP contribution >= 0.6 is 0 Å². The normalized spacial score (nSPS) is 27.5. The molecule has 2 atom stereocenters. The van der Waals surface area contributed by atoms with E-state index in [9.17, 15) is 9.59 Å². The van der Waals surface area contributed by atoms with Crippen LogP contribution in [-0.4, -0.2) is 41.0 Å². The zero-order chi connectivity index (χ0) is 19.8. The third kappa shape index (κ3) is 4.18. The molecule has 2 aliphatic rings. The van der Waals surface area contributed by atoms with Crippen molar-refractivity contribution in [3.63, 3.8) is 0 Å². The van der Waals surface area contributed by atoms with Crippen molar-refractivity contribution in [1.82, 2.24) is 15.1 Å². The molecular formula is C22H33N3O2. The molecule has 3 amide bonds. The van der Waals surface area contributed by atoms with Gasteiger partial charge in [-0.25, -0.2) is 9.69 Å². The number of nitrogens with zero attached hydrogens (tertiary/aromatic N) is 2. The Morgan fingerprint density at radius 3 is 2.37 bits per heavy atom. The van der Waals surface area contributed by atoms with Gasteiger partial charge in [0, 0.05) is 6.54 Å². The minimum atomic E-state index is -0.720. The molecule has 1 spiro atoms. The van der Waals surface area contributed by atoms with Crippen LogP contribution in [0.25, 0.3) is 0 Å². The molecule has 1 aliphatic carbocycles. The number of nitrogens with one attached hydrogen (secondary N) is 1. The molecule has 1 N–H and O–H groups in total. The van der Waals surface area contributed by atoms with Gasteiger partial charge < -0.3 is 5.32 Å². The largest absolute Gasteiger partial charge is 0.326 e. The Labute approximate surface area is 163 Å². The van der Waals surface area contributed by atoms with Gasteiger partial charge >= 0.3 is 6.03 Å². The van der Waals surface area contributed by atoms with Gasteiger partial charge in [-0.2, -0.15) is 0 Å². The summed E-state index contributed by atoms with van der Waals surface area (Å²) in [7, 11) is 1.95. The maximum Gasteiger partial charge on any atom is 0.326 e. The molecule has 5 nitrogen and oxygen atoms in total. The summed E-state index contributed by atoms with van der Waals surface area (Å²) in [6.45, 7) is 9.72. The molecule has 27 heavy (non-hydrogen) atoms. The predicted octanol–water partition coefficient (Wildman–Crippen LogP) is 3.78. The standard InChI is InChI=1S/C22H33N3O2/c1-6-17-7-9-18(10-8-17)13-24(5)15-25-19(26)22(23-20(25)27)12-16(2)11-21(3,4)14-22/h7-10,16H,6,11-15H2,1-5H3,(H,23,27). The summed E-state index contributed by atoms with van der Waals surface area (Å²) in [5.74, 6) is 0.369. The number of carbonyl (C=O) groups is 2. The van der Waals surface area contributed by atoms with Gasteiger partial charge in [0.2, 0.25) is 0 Å². The van der Waals surface area contributed by atoms with Gasteiger partial charge in [0.1, 0.15) is 5.54 Å². The van der Waals surface area contributed by atoms with E-state index in [4.69, 9.17) is 0 Å². The zero-order valence-corrected chi connectivity index (χ0v) is 17.3. The van der Waals surface area contributed by atoms with E-state index >= 15 is 0 Å². The number of carbonyl (C=O) groups excluding carboxylic acids is 2. The highest BCUT2D eigenvalue weighted by Crippen LogP contribution is 2.46. The molecule has 1 heterocycles. The molecule has 3 rings (SSSR count). The number of imide groups is 1. The summed E-state index contributed by atoms with van der Waals surface area (Å²) in [5, 5.41) is 3.05. The molecular weight excluding hydrogens is 338 g/mol. The van der Waals surface area contributed by atoms with Crippen molar-refractivity contribution < 1.29 is 9.59 Å². The molecule has 1 saturated carbocycles. The maximum atomic E-state index is 13.2. The summed E-state index contributed by atoms with van der Waals surface area (Å²) >= 11 is 0. The Morgan fingerprint density at radius 2 is 1.78 bits per heavy atom. The van der Waals surface area contributed by atoms with E-state index in [0.717, 1.165) is 19.3 Å². The number of rotatable bonds is 5. The smallest absolute Gasteiger partial charge is 0.323 e. The second kappa shape index (κ2) is 7.27. The minimum absolute atomic E-state index is 0.0553. The zero-order valence-electron chi connectivity index (χ0n) is 17.3. The summed E-state index contributed by atoms with van der Waals surface area (Å²) in [5.41, 5.74) is 1.83. The third-order valence-electron chi connectivity index (χ3n) is 5.89. The van der Waals surface area contributed by atoms with Crippen molar-refractivity contribution in [2.75, 3.05) is 13.7 Å². The van der Waals surface area contributed by atoms with E-state index in [2.05, 4.69) is 57.3 Å². The van der Waals surface area contributed by atoms with Crippen LogP contribution in [0.5, 0.6) is 0 Å². The van der Waals surface area contributed by atoms with Crippen LogP contribution in [0.3, 0.4) is 0 Å². The minimum Gasteiger partial charge on any atom is -0.323 e. The van der Waals surface area contributed by atoms with E-state index in [1.54, 1.807) is 0 Å². The van der Waals surface area contributed by atoms with E-state index in [-0.39, 0.29) is 17.4 Å². The molecule has 1 aromatic rings. The van der Waals surface area contributed by atoms with Crippen LogP contribution < -0.4 is 5.32 Å². The van der Waals surface area contributed by atoms with Crippen LogP contribution in [0.15, 0.2) is 24.3 Å². The molecule has 2 fully saturated rings. The second-order valence-corrected chi connectivity index (χ2v) is 9.43. The Morgan fingerprint density at radius 1 is 1.15 bits per heavy atom. The molecule has 5 heteroatoms. The average molecular weight is 372 g/mol. The number of amides is 3. The fourth-order valence-electron chi connectivity index (χ4n) is 5.12. The SMILES string of the molecule is CCc1ccc(CN(C)CN2C(=O)NC3(CC(C)CC(C)(C)C3)C2=O)cc1. The van der Waals surface area contributed by atoms with E-state index in [1.807, 2.05) is 11.9 Å². The van der Waals surface area contributed by atoms with Crippen molar-refractivity contribution in [1.29, 1.82) is 0 Å². The Kier molecular flexibility index (Phi) is 5.35. The first-order valence-electron chi connectivity index (χ1n) is 10.0. The maximum absolute atomic E-state index is 13.2. The highest BCUT2D eigenvalue weighted by atomic mass is 16.2. The number of aryl methyl sites for hydroxylation is 1. The van der Waals surface area contributed by atoms with Crippen LogP contribution in [0.4, 0.5) is 4.79 Å². The van der Waals surface area contributed by atoms with Crippen molar-refractivity contribution >= 4 is 11.9 Å². The van der Waals surface area contributed by atoms with E-state index in [1.165, 1.54) is 16.0 Å². The molecule has 0 radical (unpaired) electrons. The van der Waals surface area contributed by atoms with Crippen molar-refractivity contribution in [3.8, 4) is 0 Å². The first-order chi connectivity index (χ1) is 12.6. The van der Waals surface area contributed by atoms with E-state index in [0.29, 0.717) is 25.6 Å². The number of benzene rings is 1. The molecule has 1 saturated heterocycles. The van der Waals surface area contributed by atoms with Gasteiger partial charge in [0.15, 0.2) is 0 Å². The van der Waals surface area contributed by atoms with Gasteiger partial charge in [-0.15, -0.1) is 0 Å². The fourth-order valence-corrected chi connectivity index (χ4v) is 5.12. The lowest BCUT2D eigenvalue weighted by atomic mass is 9.64. The molecule has 148 valence electrons. The van der Waals surface area contributed by atoms with Crippen LogP contribution in [0, 0.1) is 11.3 Å². The molecule has 2 unspecified atom stereocenters. The van der Waals surface area contributed by atoms with Crippen LogP contribution in [0.2, 0.25) is 0 Å². The Bertz CT molecular complexity index is 713. The van der Waals surface area contributed by atoms with Crippen molar-refractivity contribution in [2.24, 2.45) is 11.3 Å². The van der Waals surface area contributed by atoms with Gasteiger partial charge in [-0.3, -0.25) is 9.69 Å². The number of hydrogen-bond acceptors (Lipinski definition) is 3. The second-order valence-electron chi connectivity index (χ2n) is 9.43. The predicted molar refractivity (Wildman–Crippen MR) is 107 cm³/mol. The average Bonchev–Trinajstić information content (AvgIpc) is 2.77. The fraction of sp³-hybridized carbons (Fsp3) is 0.636. The molecule has 0 bridgehead atoms. The van der Waals surface area contributed by atoms with Gasteiger partial charge in [-0.1, -0.05) is 52.0 Å². The summed E-state index contributed by atoms with van der Waals surface area (Å²) < 4.78 is 0. The van der Waals surface area contributed by atoms with Gasteiger partial charge in [-0.05, 0) is 55.2 Å². The monoisotopic (exact) mass is 371 g/mol. The quantitative estimate of drug-likeness (QED) is 0.802. The lowest BCUT2D eigenvalue weighted by molar-refractivity contribution is -0.136. The third-order valence-corrected chi connectivity index (χ3v) is 5.89. The highest BCUT2D eigenvalue weighted by Gasteiger charge is 2.56. The Hall–Kier alpha value is -1.88. The topological polar surface area (TPSA) is 52.6 Å². The number of urea groups is 1. The molecule has 1 aliphatic heterocycles. The summed E-state index contributed by atoms with van der Waals surface area (Å²) in [4.78, 5) is 29.2. The highest BCUT2D eigenvalue weighted by molar-refractivity contribution is 6.07. The van der Waals surface area contributed by atoms with Crippen molar-refractivity contribution in [2.45, 2.75) is 65.5 Å². The first-order valence-corrected chi connectivity index (χ1v) is 10.0. The van der Waals surface area contributed by atoms with Crippen LogP contribution in [-0.2, 0) is 17.8 Å². The van der Waals surface area contributed by atoms with E-state index < -0.39 is 5.54 Å². The molecule has 0 aromatic heterocycles. The van der Waals surface area contributed by atoms with Gasteiger partial charge in [0.25, 0.3) is 5.91 Å². The lowest BCUT2D eigenvalue weighted by Crippen LogP contribution is -2.54. The lowest BCUT2D eigenvalue weighted by Gasteiger charge is -2.43. The van der Waals surface area contributed by atoms with Gasteiger partial charge in [0.05, 0.1) is 6.67 Å². The van der Waals surface area contributed by atoms with Crippen LogP contribution in [0.1, 0.15) is 58.1 Å². The molecule has 1 aromatic carbocycles. The van der Waals surface area contributed by atoms with Crippen molar-refractivity contribution in [3.05, 3.63) is 35.4 Å². The first kappa shape index (κ1) is 19.9. The summed E-state index contributed by atoms with van der Waals surface area (Å²) in [6, 6.07) is 8.26. The Balaban J connectivity index is 1.68.